The van der Waals surface area contributed by atoms with Gasteiger partial charge >= 0.3 is 0 Å². The Hall–Kier alpha value is -0.680. The van der Waals surface area contributed by atoms with Crippen LogP contribution in [0.15, 0.2) is 0 Å². The lowest BCUT2D eigenvalue weighted by atomic mass is 9.79. The highest BCUT2D eigenvalue weighted by Gasteiger charge is 2.64. The maximum atomic E-state index is 12.6. The summed E-state index contributed by atoms with van der Waals surface area (Å²) >= 11 is 5.15. The molecule has 2 aliphatic rings. The molecule has 2 fully saturated rings. The van der Waals surface area contributed by atoms with Crippen LogP contribution in [0.25, 0.3) is 0 Å². The van der Waals surface area contributed by atoms with Gasteiger partial charge in [0.05, 0.1) is 4.99 Å². The van der Waals surface area contributed by atoms with Crippen LogP contribution in [0.2, 0.25) is 0 Å². The van der Waals surface area contributed by atoms with E-state index in [1.54, 1.807) is 0 Å². The van der Waals surface area contributed by atoms with E-state index < -0.39 is 5.41 Å². The molecule has 0 bridgehead atoms. The molecule has 0 spiro atoms. The normalized spacial score (nSPS) is 26.8. The minimum Gasteiger partial charge on any atom is -0.392 e. The summed E-state index contributed by atoms with van der Waals surface area (Å²) in [4.78, 5) is 12.9. The van der Waals surface area contributed by atoms with Gasteiger partial charge in [-0.15, -0.1) is 0 Å². The lowest BCUT2D eigenvalue weighted by Gasteiger charge is -2.34. The number of nitrogens with two attached hydrogens (primary N) is 1. The zero-order valence-electron chi connectivity index (χ0n) is 12.9. The van der Waals surface area contributed by atoms with Gasteiger partial charge < -0.3 is 15.8 Å². The van der Waals surface area contributed by atoms with Crippen molar-refractivity contribution in [2.75, 3.05) is 19.8 Å². The van der Waals surface area contributed by atoms with Crippen molar-refractivity contribution in [2.45, 2.75) is 40.5 Å². The number of carbonyl (C=O) groups excluding carboxylic acids is 1. The van der Waals surface area contributed by atoms with E-state index in [-0.39, 0.29) is 16.7 Å². The molecule has 0 radical (unpaired) electrons. The van der Waals surface area contributed by atoms with E-state index in [0.29, 0.717) is 43.5 Å². The number of nitrogens with one attached hydrogen (secondary N) is 1. The Morgan fingerprint density at radius 3 is 2.15 bits per heavy atom. The van der Waals surface area contributed by atoms with Gasteiger partial charge in [-0.3, -0.25) is 4.79 Å². The molecule has 1 heterocycles. The largest absolute Gasteiger partial charge is 0.392 e. The predicted molar refractivity (Wildman–Crippen MR) is 83.3 cm³/mol. The standard InChI is InChI=1S/C15H26N2O2S/c1-13(2)10(14(13,3)4)9-17-12(18)15(11(16)20)5-7-19-8-6-15/h10H,5-9H2,1-4H3,(H2,16,20)(H,17,18). The fourth-order valence-electron chi connectivity index (χ4n) is 3.51. The summed E-state index contributed by atoms with van der Waals surface area (Å²) in [6.07, 6.45) is 1.18. The Kier molecular flexibility index (Phi) is 3.89. The van der Waals surface area contributed by atoms with Crippen molar-refractivity contribution in [1.82, 2.24) is 5.32 Å². The summed E-state index contributed by atoms with van der Waals surface area (Å²) in [6.45, 7) is 10.8. The fourth-order valence-corrected chi connectivity index (χ4v) is 3.81. The molecular weight excluding hydrogens is 272 g/mol. The van der Waals surface area contributed by atoms with Gasteiger partial charge in [-0.05, 0) is 29.6 Å². The van der Waals surface area contributed by atoms with E-state index in [1.165, 1.54) is 0 Å². The third kappa shape index (κ3) is 2.25. The Morgan fingerprint density at radius 2 is 1.75 bits per heavy atom. The molecule has 0 aromatic heterocycles. The maximum absolute atomic E-state index is 12.6. The van der Waals surface area contributed by atoms with Crippen LogP contribution in [-0.4, -0.2) is 30.7 Å². The number of ether oxygens (including phenoxy) is 1. The SMILES string of the molecule is CC1(C)C(CNC(=O)C2(C(N)=S)CCOCC2)C1(C)C. The van der Waals surface area contributed by atoms with E-state index in [2.05, 4.69) is 33.0 Å². The monoisotopic (exact) mass is 298 g/mol. The molecule has 0 aromatic rings. The van der Waals surface area contributed by atoms with Gasteiger partial charge in [-0.1, -0.05) is 39.9 Å². The minimum atomic E-state index is -0.712. The fraction of sp³-hybridized carbons (Fsp3) is 0.867. The number of hydrogen-bond acceptors (Lipinski definition) is 3. The summed E-state index contributed by atoms with van der Waals surface area (Å²) in [5.41, 5.74) is 5.68. The van der Waals surface area contributed by atoms with Crippen LogP contribution in [0.1, 0.15) is 40.5 Å². The van der Waals surface area contributed by atoms with Gasteiger partial charge in [0.15, 0.2) is 0 Å². The van der Waals surface area contributed by atoms with Gasteiger partial charge in [-0.2, -0.15) is 0 Å². The van der Waals surface area contributed by atoms with E-state index in [9.17, 15) is 4.79 Å². The van der Waals surface area contributed by atoms with Crippen LogP contribution in [0.3, 0.4) is 0 Å². The molecule has 1 saturated carbocycles. The van der Waals surface area contributed by atoms with Crippen molar-refractivity contribution in [1.29, 1.82) is 0 Å². The van der Waals surface area contributed by atoms with Crippen molar-refractivity contribution in [3.63, 3.8) is 0 Å². The molecule has 0 unspecified atom stereocenters. The molecule has 4 nitrogen and oxygen atoms in total. The van der Waals surface area contributed by atoms with Gasteiger partial charge in [0, 0.05) is 19.8 Å². The smallest absolute Gasteiger partial charge is 0.233 e. The number of hydrogen-bond donors (Lipinski definition) is 2. The minimum absolute atomic E-state index is 0.0215. The highest BCUT2D eigenvalue weighted by atomic mass is 32.1. The summed E-state index contributed by atoms with van der Waals surface area (Å²) in [7, 11) is 0. The van der Waals surface area contributed by atoms with Crippen LogP contribution < -0.4 is 11.1 Å². The third-order valence-electron chi connectivity index (χ3n) is 6.04. The second-order valence-corrected chi connectivity index (χ2v) is 7.70. The topological polar surface area (TPSA) is 64.4 Å². The van der Waals surface area contributed by atoms with Crippen molar-refractivity contribution in [3.8, 4) is 0 Å². The van der Waals surface area contributed by atoms with Crippen molar-refractivity contribution in [3.05, 3.63) is 0 Å². The van der Waals surface area contributed by atoms with Crippen molar-refractivity contribution < 1.29 is 9.53 Å². The number of amides is 1. The zero-order valence-corrected chi connectivity index (χ0v) is 13.7. The zero-order chi connectivity index (χ0) is 15.2. The first-order chi connectivity index (χ1) is 9.16. The molecule has 1 aliphatic carbocycles. The summed E-state index contributed by atoms with van der Waals surface area (Å²) in [6, 6.07) is 0. The molecule has 5 heteroatoms. The first-order valence-corrected chi connectivity index (χ1v) is 7.73. The first kappa shape index (κ1) is 15.7. The van der Waals surface area contributed by atoms with E-state index >= 15 is 0 Å². The average molecular weight is 298 g/mol. The molecule has 0 aromatic carbocycles. The second-order valence-electron chi connectivity index (χ2n) is 7.26. The highest BCUT2D eigenvalue weighted by Crippen LogP contribution is 2.67. The number of carbonyl (C=O) groups is 1. The Balaban J connectivity index is 1.99. The number of thiocarbonyl (C=S) groups is 1. The number of rotatable bonds is 4. The average Bonchev–Trinajstić information content (AvgIpc) is 2.77. The van der Waals surface area contributed by atoms with Crippen LogP contribution >= 0.6 is 12.2 Å². The van der Waals surface area contributed by atoms with Gasteiger partial charge in [0.25, 0.3) is 0 Å². The van der Waals surface area contributed by atoms with Crippen LogP contribution in [0.4, 0.5) is 0 Å². The van der Waals surface area contributed by atoms with E-state index in [1.807, 2.05) is 0 Å². The predicted octanol–water partition coefficient (Wildman–Crippen LogP) is 1.87. The van der Waals surface area contributed by atoms with E-state index in [4.69, 9.17) is 22.7 Å². The summed E-state index contributed by atoms with van der Waals surface area (Å²) in [5.74, 6) is 0.481. The van der Waals surface area contributed by atoms with Crippen molar-refractivity contribution in [2.24, 2.45) is 27.9 Å². The van der Waals surface area contributed by atoms with Crippen LogP contribution in [0, 0.1) is 22.2 Å². The second kappa shape index (κ2) is 4.95. The quantitative estimate of drug-likeness (QED) is 0.778. The molecule has 1 amide bonds. The Bertz CT molecular complexity index is 412. The Morgan fingerprint density at radius 1 is 1.25 bits per heavy atom. The van der Waals surface area contributed by atoms with Gasteiger partial charge in [0.2, 0.25) is 5.91 Å². The van der Waals surface area contributed by atoms with Crippen LogP contribution in [-0.2, 0) is 9.53 Å². The molecule has 3 N–H and O–H groups in total. The summed E-state index contributed by atoms with van der Waals surface area (Å²) in [5, 5.41) is 3.09. The van der Waals surface area contributed by atoms with Gasteiger partial charge in [-0.25, -0.2) is 0 Å². The lowest BCUT2D eigenvalue weighted by Crippen LogP contribution is -2.52. The molecule has 0 atom stereocenters. The molecule has 2 rings (SSSR count). The molecule has 1 saturated heterocycles. The van der Waals surface area contributed by atoms with Crippen molar-refractivity contribution >= 4 is 23.1 Å². The van der Waals surface area contributed by atoms with Crippen LogP contribution in [0.5, 0.6) is 0 Å². The van der Waals surface area contributed by atoms with E-state index in [0.717, 1.165) is 0 Å². The summed E-state index contributed by atoms with van der Waals surface area (Å²) < 4.78 is 5.33. The van der Waals surface area contributed by atoms with Gasteiger partial charge in [0.1, 0.15) is 5.41 Å². The lowest BCUT2D eigenvalue weighted by molar-refractivity contribution is -0.131. The Labute approximate surface area is 126 Å². The molecule has 20 heavy (non-hydrogen) atoms. The first-order valence-electron chi connectivity index (χ1n) is 7.32. The maximum Gasteiger partial charge on any atom is 0.233 e. The third-order valence-corrected chi connectivity index (χ3v) is 6.43. The molecule has 114 valence electrons. The highest BCUT2D eigenvalue weighted by molar-refractivity contribution is 7.80. The molecular formula is C15H26N2O2S. The molecule has 1 aliphatic heterocycles.